The van der Waals surface area contributed by atoms with Crippen LogP contribution in [0.25, 0.3) is 0 Å². The van der Waals surface area contributed by atoms with E-state index in [0.29, 0.717) is 18.3 Å². The van der Waals surface area contributed by atoms with E-state index in [2.05, 4.69) is 0 Å². The van der Waals surface area contributed by atoms with Crippen molar-refractivity contribution in [3.8, 4) is 0 Å². The first-order valence-corrected chi connectivity index (χ1v) is 12.0. The zero-order chi connectivity index (χ0) is 10.8. The van der Waals surface area contributed by atoms with E-state index < -0.39 is 21.5 Å². The van der Waals surface area contributed by atoms with Gasteiger partial charge in [0.2, 0.25) is 0 Å². The summed E-state index contributed by atoms with van der Waals surface area (Å²) in [6.07, 6.45) is 1.27. The fourth-order valence-electron chi connectivity index (χ4n) is 1.26. The van der Waals surface area contributed by atoms with Gasteiger partial charge in [-0.1, -0.05) is 0 Å². The first-order chi connectivity index (χ1) is 7.90. The van der Waals surface area contributed by atoms with Crippen molar-refractivity contribution < 1.29 is 9.05 Å². The third kappa shape index (κ3) is 3.40. The maximum atomic E-state index is 6.00. The normalized spacial score (nSPS) is 27.6. The van der Waals surface area contributed by atoms with E-state index in [1.165, 1.54) is 0 Å². The molecule has 3 rings (SSSR count). The van der Waals surface area contributed by atoms with Crippen LogP contribution in [0.3, 0.4) is 0 Å². The molecule has 0 bridgehead atoms. The molecule has 92 valence electrons. The maximum absolute atomic E-state index is 6.00. The van der Waals surface area contributed by atoms with Crippen LogP contribution in [-0.4, -0.2) is 74.3 Å². The minimum atomic E-state index is -2.30. The SMILES string of the molecule is C1SCC1[O][Sb]([O]C1CSC1)[O]C1CSC1. The second kappa shape index (κ2) is 6.27. The third-order valence-electron chi connectivity index (χ3n) is 2.53. The van der Waals surface area contributed by atoms with Gasteiger partial charge in [0.15, 0.2) is 0 Å². The Morgan fingerprint density at radius 3 is 1.12 bits per heavy atom. The fraction of sp³-hybridized carbons (Fsp3) is 1.00. The predicted octanol–water partition coefficient (Wildman–Crippen LogP) is 1.37. The Balaban J connectivity index is 1.44. The zero-order valence-corrected chi connectivity index (χ0v) is 13.9. The molecule has 0 aromatic rings. The van der Waals surface area contributed by atoms with E-state index in [4.69, 9.17) is 9.05 Å². The van der Waals surface area contributed by atoms with Crippen molar-refractivity contribution in [1.29, 1.82) is 0 Å². The first-order valence-electron chi connectivity index (χ1n) is 5.44. The number of rotatable bonds is 6. The van der Waals surface area contributed by atoms with Crippen LogP contribution in [-0.2, 0) is 9.05 Å². The molecule has 0 atom stereocenters. The van der Waals surface area contributed by atoms with Gasteiger partial charge in [-0.2, -0.15) is 0 Å². The van der Waals surface area contributed by atoms with E-state index in [1.54, 1.807) is 0 Å². The van der Waals surface area contributed by atoms with Crippen LogP contribution >= 0.6 is 35.3 Å². The molecule has 16 heavy (non-hydrogen) atoms. The number of thioether (sulfide) groups is 3. The van der Waals surface area contributed by atoms with Crippen LogP contribution in [0.5, 0.6) is 0 Å². The molecule has 7 heteroatoms. The van der Waals surface area contributed by atoms with Gasteiger partial charge in [-0.25, -0.2) is 0 Å². The molecule has 0 amide bonds. The minimum absolute atomic E-state index is 0.424. The Kier molecular flexibility index (Phi) is 5.00. The molecular weight excluding hydrogens is 374 g/mol. The van der Waals surface area contributed by atoms with Crippen LogP contribution in [0.1, 0.15) is 0 Å². The molecule has 3 heterocycles. The Hall–Kier alpha value is 1.75. The van der Waals surface area contributed by atoms with Gasteiger partial charge >= 0.3 is 119 Å². The number of hydrogen-bond donors (Lipinski definition) is 0. The van der Waals surface area contributed by atoms with Gasteiger partial charge in [0, 0.05) is 0 Å². The molecule has 0 radical (unpaired) electrons. The van der Waals surface area contributed by atoms with Crippen molar-refractivity contribution in [3.05, 3.63) is 0 Å². The van der Waals surface area contributed by atoms with E-state index in [0.717, 1.165) is 34.5 Å². The van der Waals surface area contributed by atoms with Gasteiger partial charge in [-0.05, 0) is 0 Å². The van der Waals surface area contributed by atoms with Crippen molar-refractivity contribution in [2.24, 2.45) is 0 Å². The fourth-order valence-corrected chi connectivity index (χ4v) is 8.55. The number of hydrogen-bond acceptors (Lipinski definition) is 6. The molecule has 3 fully saturated rings. The van der Waals surface area contributed by atoms with Crippen molar-refractivity contribution in [2.75, 3.05) is 34.5 Å². The van der Waals surface area contributed by atoms with Crippen molar-refractivity contribution in [3.63, 3.8) is 0 Å². The standard InChI is InChI=1S/3C3H5OS.Sb/c3*4-3-1-5-2-3;/h3*3H,1-2H2;/q3*-1;+3. The summed E-state index contributed by atoms with van der Waals surface area (Å²) in [6.45, 7) is 0. The quantitative estimate of drug-likeness (QED) is 0.638. The van der Waals surface area contributed by atoms with Gasteiger partial charge < -0.3 is 0 Å². The summed E-state index contributed by atoms with van der Waals surface area (Å²) in [5.41, 5.74) is 0. The topological polar surface area (TPSA) is 27.7 Å². The van der Waals surface area contributed by atoms with Crippen LogP contribution in [0, 0.1) is 0 Å². The molecule has 0 aromatic heterocycles. The molecule has 0 aromatic carbocycles. The monoisotopic (exact) mass is 388 g/mol. The average Bonchev–Trinajstić information content (AvgIpc) is 2.08. The summed E-state index contributed by atoms with van der Waals surface area (Å²) in [5.74, 6) is 6.79. The first kappa shape index (κ1) is 12.8. The molecule has 3 saturated heterocycles. The van der Waals surface area contributed by atoms with Crippen molar-refractivity contribution in [2.45, 2.75) is 18.3 Å². The van der Waals surface area contributed by atoms with Crippen LogP contribution in [0.15, 0.2) is 0 Å². The molecular formula is C9H15O3S3Sb. The zero-order valence-electron chi connectivity index (χ0n) is 8.87. The van der Waals surface area contributed by atoms with Gasteiger partial charge in [0.25, 0.3) is 0 Å². The Labute approximate surface area is 118 Å². The van der Waals surface area contributed by atoms with E-state index >= 15 is 0 Å². The third-order valence-corrected chi connectivity index (χ3v) is 10.2. The molecule has 3 nitrogen and oxygen atoms in total. The van der Waals surface area contributed by atoms with Crippen molar-refractivity contribution >= 4 is 56.8 Å². The van der Waals surface area contributed by atoms with Gasteiger partial charge in [-0.15, -0.1) is 0 Å². The van der Waals surface area contributed by atoms with Crippen LogP contribution < -0.4 is 0 Å². The Morgan fingerprint density at radius 2 is 0.938 bits per heavy atom. The predicted molar refractivity (Wildman–Crippen MR) is 72.3 cm³/mol. The molecule has 0 saturated carbocycles. The summed E-state index contributed by atoms with van der Waals surface area (Å²) in [5, 5.41) is 0. The second-order valence-corrected chi connectivity index (χ2v) is 10.3. The molecule has 0 N–H and O–H groups in total. The van der Waals surface area contributed by atoms with Gasteiger partial charge in [-0.3, -0.25) is 0 Å². The van der Waals surface area contributed by atoms with Gasteiger partial charge in [0.05, 0.1) is 0 Å². The Morgan fingerprint density at radius 1 is 0.625 bits per heavy atom. The molecule has 0 spiro atoms. The second-order valence-electron chi connectivity index (χ2n) is 4.02. The summed E-state index contributed by atoms with van der Waals surface area (Å²) in [7, 11) is 0. The summed E-state index contributed by atoms with van der Waals surface area (Å²) in [4.78, 5) is 0. The molecule has 0 aliphatic carbocycles. The Bertz CT molecular complexity index is 196. The summed E-state index contributed by atoms with van der Waals surface area (Å²) < 4.78 is 18.0. The molecule has 3 aliphatic rings. The van der Waals surface area contributed by atoms with E-state index in [9.17, 15) is 0 Å². The van der Waals surface area contributed by atoms with Crippen LogP contribution in [0.4, 0.5) is 0 Å². The molecule has 0 unspecified atom stereocenters. The van der Waals surface area contributed by atoms with E-state index in [1.807, 2.05) is 35.3 Å². The summed E-state index contributed by atoms with van der Waals surface area (Å²) in [6, 6.07) is 0. The summed E-state index contributed by atoms with van der Waals surface area (Å²) >= 11 is 3.54. The molecule has 3 aliphatic heterocycles. The van der Waals surface area contributed by atoms with Crippen LogP contribution in [0.2, 0.25) is 0 Å². The van der Waals surface area contributed by atoms with E-state index in [-0.39, 0.29) is 0 Å². The van der Waals surface area contributed by atoms with Crippen molar-refractivity contribution in [1.82, 2.24) is 0 Å². The van der Waals surface area contributed by atoms with Gasteiger partial charge in [0.1, 0.15) is 0 Å². The average molecular weight is 389 g/mol.